The first-order valence-corrected chi connectivity index (χ1v) is 7.15. The van der Waals surface area contributed by atoms with E-state index in [1.165, 1.54) is 16.7 Å². The number of amides is 1. The van der Waals surface area contributed by atoms with Crippen molar-refractivity contribution >= 4 is 40.1 Å². The van der Waals surface area contributed by atoms with Crippen molar-refractivity contribution in [2.75, 3.05) is 11.4 Å². The van der Waals surface area contributed by atoms with Crippen LogP contribution in [0, 0.1) is 11.6 Å². The number of carbonyl (C=O) groups excluding carboxylic acids is 2. The minimum atomic E-state index is -1.28. The van der Waals surface area contributed by atoms with Crippen molar-refractivity contribution in [3.8, 4) is 0 Å². The van der Waals surface area contributed by atoms with Crippen LogP contribution in [0.15, 0.2) is 10.6 Å². The zero-order chi connectivity index (χ0) is 15.1. The second-order valence-electron chi connectivity index (χ2n) is 4.62. The van der Waals surface area contributed by atoms with Crippen LogP contribution >= 0.6 is 11.8 Å². The van der Waals surface area contributed by atoms with E-state index >= 15 is 0 Å². The van der Waals surface area contributed by atoms with Crippen molar-refractivity contribution in [2.45, 2.75) is 18.6 Å². The molecule has 0 radical (unpaired) electrons. The average molecular weight is 312 g/mol. The largest absolute Gasteiger partial charge is 0.351 e. The third kappa shape index (κ3) is 2.10. The summed E-state index contributed by atoms with van der Waals surface area (Å²) in [5, 5.41) is 3.66. The summed E-state index contributed by atoms with van der Waals surface area (Å²) in [5.41, 5.74) is -0.832. The van der Waals surface area contributed by atoms with Gasteiger partial charge in [-0.1, -0.05) is 23.8 Å². The Morgan fingerprint density at radius 3 is 2.90 bits per heavy atom. The number of rotatable bonds is 3. The van der Waals surface area contributed by atoms with Gasteiger partial charge in [-0.05, 0) is 12.5 Å². The normalized spacial score (nSPS) is 18.7. The number of aldehydes is 1. The first kappa shape index (κ1) is 14.0. The molecule has 0 aliphatic carbocycles. The predicted molar refractivity (Wildman–Crippen MR) is 73.7 cm³/mol. The average Bonchev–Trinajstić information content (AvgIpc) is 3.05. The maximum atomic E-state index is 13.8. The van der Waals surface area contributed by atoms with E-state index in [0.29, 0.717) is 6.54 Å². The Kier molecular flexibility index (Phi) is 3.40. The van der Waals surface area contributed by atoms with Crippen LogP contribution in [0.25, 0.3) is 11.0 Å². The van der Waals surface area contributed by atoms with Crippen molar-refractivity contribution in [1.29, 1.82) is 0 Å². The fraction of sp³-hybridized carbons (Fsp3) is 0.308. The van der Waals surface area contributed by atoms with Gasteiger partial charge in [0.1, 0.15) is 0 Å². The molecule has 8 heteroatoms. The van der Waals surface area contributed by atoms with Gasteiger partial charge in [0, 0.05) is 11.8 Å². The number of carbonyl (C=O) groups is 2. The van der Waals surface area contributed by atoms with Gasteiger partial charge in [0.2, 0.25) is 11.4 Å². The maximum Gasteiger partial charge on any atom is 0.287 e. The summed E-state index contributed by atoms with van der Waals surface area (Å²) in [7, 11) is 0. The number of anilines is 1. The summed E-state index contributed by atoms with van der Waals surface area (Å²) in [6.07, 6.45) is 1.01. The molecule has 1 aliphatic heterocycles. The van der Waals surface area contributed by atoms with E-state index in [-0.39, 0.29) is 28.0 Å². The Labute approximate surface area is 122 Å². The fourth-order valence-corrected chi connectivity index (χ4v) is 3.17. The monoisotopic (exact) mass is 312 g/mol. The summed E-state index contributed by atoms with van der Waals surface area (Å²) in [6, 6.07) is 1.14. The summed E-state index contributed by atoms with van der Waals surface area (Å²) in [5.74, 6) is -2.45. The van der Waals surface area contributed by atoms with E-state index in [1.54, 1.807) is 0 Å². The second kappa shape index (κ2) is 5.10. The summed E-state index contributed by atoms with van der Waals surface area (Å²) < 4.78 is 32.1. The van der Waals surface area contributed by atoms with Crippen LogP contribution in [0.2, 0.25) is 0 Å². The van der Waals surface area contributed by atoms with E-state index in [1.807, 2.05) is 6.92 Å². The van der Waals surface area contributed by atoms with Gasteiger partial charge in [-0.15, -0.1) is 0 Å². The Morgan fingerprint density at radius 2 is 2.29 bits per heavy atom. The molecule has 1 aromatic heterocycles. The first-order valence-electron chi connectivity index (χ1n) is 6.27. The van der Waals surface area contributed by atoms with E-state index < -0.39 is 22.8 Å². The lowest BCUT2D eigenvalue weighted by molar-refractivity contribution is 0.111. The molecule has 2 aromatic rings. The van der Waals surface area contributed by atoms with E-state index in [0.717, 1.165) is 12.5 Å². The Morgan fingerprint density at radius 1 is 1.52 bits per heavy atom. The minimum absolute atomic E-state index is 0.111. The molecule has 1 aromatic carbocycles. The van der Waals surface area contributed by atoms with E-state index in [2.05, 4.69) is 5.16 Å². The molecule has 1 aliphatic rings. The summed E-state index contributed by atoms with van der Waals surface area (Å²) in [4.78, 5) is 24.1. The first-order chi connectivity index (χ1) is 10.1. The topological polar surface area (TPSA) is 63.4 Å². The quantitative estimate of drug-likeness (QED) is 0.813. The molecular weight excluding hydrogens is 302 g/mol. The third-order valence-corrected chi connectivity index (χ3v) is 4.60. The molecule has 3 rings (SSSR count). The molecular formula is C13H10F2N2O3S. The second-order valence-corrected chi connectivity index (χ2v) is 5.87. The van der Waals surface area contributed by atoms with Crippen LogP contribution < -0.4 is 4.90 Å². The van der Waals surface area contributed by atoms with E-state index in [9.17, 15) is 18.4 Å². The van der Waals surface area contributed by atoms with Crippen molar-refractivity contribution in [3.05, 3.63) is 23.3 Å². The van der Waals surface area contributed by atoms with Crippen LogP contribution in [0.5, 0.6) is 0 Å². The van der Waals surface area contributed by atoms with Crippen LogP contribution in [0.4, 0.5) is 19.4 Å². The third-order valence-electron chi connectivity index (χ3n) is 3.37. The number of hydrogen-bond acceptors (Lipinski definition) is 5. The van der Waals surface area contributed by atoms with Crippen LogP contribution in [-0.4, -0.2) is 28.5 Å². The molecule has 0 spiro atoms. The Bertz CT molecular complexity index is 747. The number of aromatic nitrogens is 1. The zero-order valence-electron chi connectivity index (χ0n) is 10.9. The molecule has 0 unspecified atom stereocenters. The van der Waals surface area contributed by atoms with Gasteiger partial charge in [-0.25, -0.2) is 4.39 Å². The predicted octanol–water partition coefficient (Wildman–Crippen LogP) is 3.37. The Balaban J connectivity index is 2.14. The van der Waals surface area contributed by atoms with Crippen LogP contribution in [0.3, 0.4) is 0 Å². The molecule has 1 saturated heterocycles. The highest BCUT2D eigenvalue weighted by molar-refractivity contribution is 8.14. The number of benzene rings is 1. The molecule has 21 heavy (non-hydrogen) atoms. The van der Waals surface area contributed by atoms with Gasteiger partial charge >= 0.3 is 0 Å². The van der Waals surface area contributed by atoms with Gasteiger partial charge in [-0.2, -0.15) is 4.39 Å². The van der Waals surface area contributed by atoms with Crippen molar-refractivity contribution in [2.24, 2.45) is 0 Å². The number of halogens is 2. The molecule has 1 atom stereocenters. The molecule has 110 valence electrons. The molecule has 1 fully saturated rings. The molecule has 0 N–H and O–H groups in total. The van der Waals surface area contributed by atoms with Crippen LogP contribution in [0.1, 0.15) is 23.7 Å². The van der Waals surface area contributed by atoms with Gasteiger partial charge < -0.3 is 4.52 Å². The maximum absolute atomic E-state index is 13.8. The molecule has 0 bridgehead atoms. The smallest absolute Gasteiger partial charge is 0.287 e. The molecule has 2 heterocycles. The van der Waals surface area contributed by atoms with Gasteiger partial charge in [0.05, 0.1) is 10.9 Å². The van der Waals surface area contributed by atoms with Crippen molar-refractivity contribution in [1.82, 2.24) is 5.16 Å². The van der Waals surface area contributed by atoms with Crippen molar-refractivity contribution in [3.63, 3.8) is 0 Å². The molecule has 0 saturated carbocycles. The fourth-order valence-electron chi connectivity index (χ4n) is 2.21. The number of thioether (sulfide) groups is 1. The lowest BCUT2D eigenvalue weighted by atomic mass is 10.1. The Hall–Kier alpha value is -1.96. The number of nitrogens with zero attached hydrogens (tertiary/aromatic N) is 2. The van der Waals surface area contributed by atoms with Gasteiger partial charge in [-0.3, -0.25) is 14.5 Å². The SMILES string of the molecule is CC[C@@H]1CN(c2noc3c(F)c(F)c(C=O)cc23)C(=O)S1. The van der Waals surface area contributed by atoms with Crippen LogP contribution in [-0.2, 0) is 0 Å². The molecule has 5 nitrogen and oxygen atoms in total. The minimum Gasteiger partial charge on any atom is -0.351 e. The molecule has 1 amide bonds. The van der Waals surface area contributed by atoms with E-state index in [4.69, 9.17) is 4.52 Å². The lowest BCUT2D eigenvalue weighted by Gasteiger charge is -2.11. The highest BCUT2D eigenvalue weighted by Crippen LogP contribution is 2.36. The summed E-state index contributed by atoms with van der Waals surface area (Å²) >= 11 is 1.17. The zero-order valence-corrected chi connectivity index (χ0v) is 11.7. The number of hydrogen-bond donors (Lipinski definition) is 0. The van der Waals surface area contributed by atoms with Gasteiger partial charge in [0.25, 0.3) is 5.24 Å². The number of fused-ring (bicyclic) bond motifs is 1. The highest BCUT2D eigenvalue weighted by atomic mass is 32.2. The van der Waals surface area contributed by atoms with Gasteiger partial charge in [0.15, 0.2) is 17.9 Å². The standard InChI is InChI=1S/C13H10F2N2O3S/c1-2-7-4-17(13(19)21-7)12-8-3-6(5-18)9(14)10(15)11(8)20-16-12/h3,5,7H,2,4H2,1H3/t7-/m1/s1. The highest BCUT2D eigenvalue weighted by Gasteiger charge is 2.34. The lowest BCUT2D eigenvalue weighted by Crippen LogP contribution is -2.24. The van der Waals surface area contributed by atoms with Crippen molar-refractivity contribution < 1.29 is 22.9 Å². The summed E-state index contributed by atoms with van der Waals surface area (Å²) in [6.45, 7) is 2.37.